The van der Waals surface area contributed by atoms with Crippen LogP contribution in [0.3, 0.4) is 0 Å². The van der Waals surface area contributed by atoms with Crippen molar-refractivity contribution < 1.29 is 70.5 Å². The van der Waals surface area contributed by atoms with E-state index in [4.69, 9.17) is 4.74 Å². The molecule has 0 aliphatic carbocycles. The van der Waals surface area contributed by atoms with E-state index in [1.54, 1.807) is 6.92 Å². The third-order valence-corrected chi connectivity index (χ3v) is 14.4. The van der Waals surface area contributed by atoms with Crippen LogP contribution in [0.25, 0.3) is 26.7 Å². The summed E-state index contributed by atoms with van der Waals surface area (Å²) in [6, 6.07) is 14.3. The Bertz CT molecular complexity index is 3850. The highest BCUT2D eigenvalue weighted by molar-refractivity contribution is 7.86. The summed E-state index contributed by atoms with van der Waals surface area (Å²) in [6.07, 6.45) is 0.922. The number of hydrogen-bond donors (Lipinski definition) is 7. The van der Waals surface area contributed by atoms with E-state index in [-0.39, 0.29) is 78.9 Å². The number of phenolic OH excluding ortho intramolecular Hbond substituents is 1. The van der Waals surface area contributed by atoms with E-state index < -0.39 is 94.7 Å². The molecule has 0 aliphatic heterocycles. The Morgan fingerprint density at radius 1 is 0.739 bits per heavy atom. The van der Waals surface area contributed by atoms with Crippen molar-refractivity contribution in [2.24, 2.45) is 30.7 Å². The number of H-pyrrole nitrogens is 1. The maximum Gasteiger partial charge on any atom is 0.298 e. The number of rotatable bonds is 17. The number of fused-ring (bicyclic) bond motifs is 2. The fourth-order valence-electron chi connectivity index (χ4n) is 6.37. The van der Waals surface area contributed by atoms with E-state index in [1.807, 2.05) is 0 Å². The molecule has 0 spiro atoms. The number of nitrogens with zero attached hydrogens (tertiary/aromatic N) is 8. The van der Waals surface area contributed by atoms with E-state index in [0.29, 0.717) is 5.56 Å². The van der Waals surface area contributed by atoms with Crippen LogP contribution in [0.4, 0.5) is 33.6 Å². The molecule has 0 saturated heterocycles. The highest BCUT2D eigenvalue weighted by Gasteiger charge is 2.24. The van der Waals surface area contributed by atoms with Gasteiger partial charge in [0.05, 0.1) is 45.3 Å². The molecule has 362 valence electrons. The predicted molar refractivity (Wildman–Crippen MR) is 246 cm³/mol. The van der Waals surface area contributed by atoms with Gasteiger partial charge in [-0.1, -0.05) is 17.4 Å². The van der Waals surface area contributed by atoms with Crippen LogP contribution < -0.4 is 10.3 Å². The highest BCUT2D eigenvalue weighted by atomic mass is 32.2. The Labute approximate surface area is 395 Å². The third-order valence-electron chi connectivity index (χ3n) is 9.42. The van der Waals surface area contributed by atoms with Crippen molar-refractivity contribution in [1.82, 2.24) is 14.8 Å². The van der Waals surface area contributed by atoms with Gasteiger partial charge >= 0.3 is 0 Å². The maximum absolute atomic E-state index is 13.1. The summed E-state index contributed by atoms with van der Waals surface area (Å²) in [5.41, 5.74) is -1.28. The Hall–Kier alpha value is -6.59. The quantitative estimate of drug-likeness (QED) is 0.0203. The zero-order chi connectivity index (χ0) is 50.2. The van der Waals surface area contributed by atoms with Crippen LogP contribution >= 0.6 is 11.3 Å². The summed E-state index contributed by atoms with van der Waals surface area (Å²) >= 11 is -1.49. The smallest absolute Gasteiger partial charge is 0.298 e. The van der Waals surface area contributed by atoms with Crippen molar-refractivity contribution in [3.8, 4) is 17.2 Å². The molecule has 5 aromatic carbocycles. The van der Waals surface area contributed by atoms with Gasteiger partial charge < -0.3 is 14.4 Å². The van der Waals surface area contributed by atoms with E-state index >= 15 is 0 Å². The minimum atomic E-state index is -5.11. The van der Waals surface area contributed by atoms with Crippen LogP contribution in [-0.4, -0.2) is 92.9 Å². The Kier molecular flexibility index (Phi) is 14.2. The van der Waals surface area contributed by atoms with Gasteiger partial charge in [-0.2, -0.15) is 33.7 Å². The van der Waals surface area contributed by atoms with Crippen LogP contribution in [0.15, 0.2) is 129 Å². The average molecular weight is 1070 g/mol. The van der Waals surface area contributed by atoms with E-state index in [1.165, 1.54) is 42.5 Å². The fraction of sp³-hybridized carbons (Fsp3) is 0.135. The van der Waals surface area contributed by atoms with Crippen molar-refractivity contribution in [2.75, 3.05) is 12.4 Å². The Balaban J connectivity index is 1.20. The molecule has 0 radical (unpaired) electrons. The number of nitrogens with one attached hydrogen (secondary N) is 1. The van der Waals surface area contributed by atoms with Gasteiger partial charge in [0.15, 0.2) is 22.5 Å². The van der Waals surface area contributed by atoms with Crippen LogP contribution in [0.1, 0.15) is 17.5 Å². The lowest BCUT2D eigenvalue weighted by Crippen LogP contribution is -2.14. The molecule has 7 aromatic rings. The molecule has 0 saturated carbocycles. The van der Waals surface area contributed by atoms with Gasteiger partial charge in [-0.15, -0.1) is 30.7 Å². The number of aromatic amines is 1. The van der Waals surface area contributed by atoms with Gasteiger partial charge in [-0.25, -0.2) is 13.9 Å². The standard InChI is InChI=1S/C37H31N9O17S6/c1-19-13-28(30(63-11-2-12-66(51,52)53)16-27(19)42-45-37-39-33-31(64-37)14-20(18-65(49)50)15-32(33)68(57,58)59)43-40-25-9-8-24-23(34(25)47)7-10-26(35(24)69(60,61)62)41-44-29-17-38-46(36(29)48)21-3-5-22(6-4-21)67(54,55)56/h3-10,13-17,38,47H,2,11-12,18H2,1H3,(H,49,50)(H,51,52,53)(H,54,55,56)(H,57,58,59)(H,60,61,62). The first kappa shape index (κ1) is 50.3. The summed E-state index contributed by atoms with van der Waals surface area (Å²) in [4.78, 5) is 15.3. The number of ether oxygens (including phenoxy) is 1. The number of benzene rings is 5. The highest BCUT2D eigenvalue weighted by Crippen LogP contribution is 2.43. The van der Waals surface area contributed by atoms with Crippen molar-refractivity contribution in [3.63, 3.8) is 0 Å². The first-order chi connectivity index (χ1) is 32.3. The first-order valence-electron chi connectivity index (χ1n) is 18.9. The Morgan fingerprint density at radius 3 is 2.03 bits per heavy atom. The molecular formula is C37H31N9O17S6. The van der Waals surface area contributed by atoms with Gasteiger partial charge in [-0.3, -0.25) is 28.1 Å². The molecule has 1 unspecified atom stereocenters. The zero-order valence-corrected chi connectivity index (χ0v) is 39.4. The van der Waals surface area contributed by atoms with Gasteiger partial charge in [0.2, 0.25) is 5.13 Å². The topological polar surface area (TPSA) is 409 Å². The SMILES string of the molecule is Cc1cc(N=Nc2ccc3c(S(=O)(=O)O)c(N=Nc4c[nH]n(-c5ccc(S(=O)(=O)O)cc5)c4=O)ccc3c2O)c(OCCCS(=O)(=O)O)cc1N=Nc1nc2c(S(=O)(=O)O)cc(CS(=O)O)cc2s1. The predicted octanol–water partition coefficient (Wildman–Crippen LogP) is 7.31. The van der Waals surface area contributed by atoms with E-state index in [0.717, 1.165) is 52.5 Å². The molecule has 26 nitrogen and oxygen atoms in total. The van der Waals surface area contributed by atoms with Gasteiger partial charge in [0.25, 0.3) is 46.0 Å². The summed E-state index contributed by atoms with van der Waals surface area (Å²) in [7, 11) is -18.8. The minimum absolute atomic E-state index is 0.0160. The van der Waals surface area contributed by atoms with Crippen LogP contribution in [0.2, 0.25) is 0 Å². The van der Waals surface area contributed by atoms with E-state index in [2.05, 4.69) is 40.8 Å². The molecular weight excluding hydrogens is 1030 g/mol. The minimum Gasteiger partial charge on any atom is -0.505 e. The van der Waals surface area contributed by atoms with Gasteiger partial charge in [0.1, 0.15) is 38.1 Å². The van der Waals surface area contributed by atoms with Crippen molar-refractivity contribution >= 4 is 117 Å². The molecule has 7 rings (SSSR count). The van der Waals surface area contributed by atoms with E-state index in [9.17, 15) is 70.5 Å². The molecule has 2 aromatic heterocycles. The Morgan fingerprint density at radius 2 is 1.38 bits per heavy atom. The van der Waals surface area contributed by atoms with Crippen LogP contribution in [-0.2, 0) is 57.3 Å². The lowest BCUT2D eigenvalue weighted by Gasteiger charge is -2.11. The number of aromatic hydroxyl groups is 1. The maximum atomic E-state index is 13.1. The third kappa shape index (κ3) is 11.8. The molecule has 0 amide bonds. The van der Waals surface area contributed by atoms with Crippen LogP contribution in [0, 0.1) is 6.92 Å². The average Bonchev–Trinajstić information content (AvgIpc) is 3.84. The fourth-order valence-corrected chi connectivity index (χ4v) is 10.3. The summed E-state index contributed by atoms with van der Waals surface area (Å²) in [5.74, 6) is -1.79. The molecule has 2 heterocycles. The molecule has 0 fully saturated rings. The number of azo groups is 3. The van der Waals surface area contributed by atoms with Gasteiger partial charge in [-0.05, 0) is 85.1 Å². The van der Waals surface area contributed by atoms with Crippen molar-refractivity contribution in [2.45, 2.75) is 33.8 Å². The monoisotopic (exact) mass is 1070 g/mol. The van der Waals surface area contributed by atoms with Crippen LogP contribution in [0.5, 0.6) is 11.5 Å². The molecule has 0 bridgehead atoms. The second-order valence-corrected chi connectivity index (χ2v) is 21.9. The number of thiazole rings is 1. The molecule has 69 heavy (non-hydrogen) atoms. The summed E-state index contributed by atoms with van der Waals surface area (Å²) in [6.45, 7) is 1.29. The van der Waals surface area contributed by atoms with Gasteiger partial charge in [0, 0.05) is 16.8 Å². The van der Waals surface area contributed by atoms with Crippen molar-refractivity contribution in [1.29, 1.82) is 0 Å². The number of hydrogen-bond acceptors (Lipinski definition) is 20. The molecule has 1 atom stereocenters. The largest absolute Gasteiger partial charge is 0.505 e. The molecule has 32 heteroatoms. The summed E-state index contributed by atoms with van der Waals surface area (Å²) < 4.78 is 161. The number of aromatic nitrogens is 3. The normalized spacial score (nSPS) is 13.4. The zero-order valence-electron chi connectivity index (χ0n) is 34.5. The molecule has 0 aliphatic rings. The summed E-state index contributed by atoms with van der Waals surface area (Å²) in [5, 5.41) is 37.6. The molecule has 7 N–H and O–H groups in total. The lowest BCUT2D eigenvalue weighted by atomic mass is 10.1. The lowest BCUT2D eigenvalue weighted by molar-refractivity contribution is 0.317. The number of phenols is 1. The first-order valence-corrected chi connectivity index (χ1v) is 26.9. The number of aryl methyl sites for hydroxylation is 1. The second-order valence-electron chi connectivity index (χ2n) is 14.3. The second kappa shape index (κ2) is 19.4. The van der Waals surface area contributed by atoms with Crippen molar-refractivity contribution in [3.05, 3.63) is 100 Å².